The Bertz CT molecular complexity index is 885. The van der Waals surface area contributed by atoms with Crippen LogP contribution >= 0.6 is 0 Å². The van der Waals surface area contributed by atoms with E-state index in [1.54, 1.807) is 19.1 Å². The summed E-state index contributed by atoms with van der Waals surface area (Å²) in [6, 6.07) is 7.75. The fourth-order valence-electron chi connectivity index (χ4n) is 2.14. The van der Waals surface area contributed by atoms with Crippen LogP contribution in [0.15, 0.2) is 36.4 Å². The van der Waals surface area contributed by atoms with Gasteiger partial charge in [0.25, 0.3) is 5.91 Å². The van der Waals surface area contributed by atoms with Crippen molar-refractivity contribution in [2.24, 2.45) is 0 Å². The van der Waals surface area contributed by atoms with Gasteiger partial charge >= 0.3 is 0 Å². The molecule has 0 atom stereocenters. The Balaban J connectivity index is 1.78. The molecule has 0 aliphatic carbocycles. The van der Waals surface area contributed by atoms with Crippen molar-refractivity contribution in [2.45, 2.75) is 13.3 Å². The number of ether oxygens (including phenoxy) is 1. The van der Waals surface area contributed by atoms with E-state index in [9.17, 15) is 27.6 Å². The summed E-state index contributed by atoms with van der Waals surface area (Å²) >= 11 is 0. The molecule has 148 valence electrons. The highest BCUT2D eigenvalue weighted by Gasteiger charge is 2.15. The van der Waals surface area contributed by atoms with Crippen molar-refractivity contribution in [3.8, 4) is 5.75 Å². The van der Waals surface area contributed by atoms with E-state index in [1.165, 1.54) is 12.1 Å². The van der Waals surface area contributed by atoms with Crippen LogP contribution in [0.3, 0.4) is 0 Å². The van der Waals surface area contributed by atoms with Gasteiger partial charge in [0, 0.05) is 12.0 Å². The summed E-state index contributed by atoms with van der Waals surface area (Å²) in [7, 11) is 0. The van der Waals surface area contributed by atoms with Gasteiger partial charge in [0.15, 0.2) is 29.8 Å². The number of benzene rings is 2. The predicted molar refractivity (Wildman–Crippen MR) is 94.5 cm³/mol. The molecule has 28 heavy (non-hydrogen) atoms. The van der Waals surface area contributed by atoms with Crippen molar-refractivity contribution >= 4 is 23.3 Å². The Morgan fingerprint density at radius 2 is 1.61 bits per heavy atom. The van der Waals surface area contributed by atoms with Gasteiger partial charge in [-0.15, -0.1) is 0 Å². The maximum Gasteiger partial charge on any atom is 0.258 e. The maximum absolute atomic E-state index is 13.5. The first kappa shape index (κ1) is 20.9. The third-order valence-electron chi connectivity index (χ3n) is 3.62. The smallest absolute Gasteiger partial charge is 0.258 e. The molecule has 0 unspecified atom stereocenters. The molecule has 2 N–H and O–H groups in total. The quantitative estimate of drug-likeness (QED) is 0.533. The van der Waals surface area contributed by atoms with Crippen molar-refractivity contribution in [3.05, 3.63) is 59.4 Å². The van der Waals surface area contributed by atoms with Crippen LogP contribution in [-0.4, -0.2) is 30.7 Å². The number of carbonyl (C=O) groups is 3. The fraction of sp³-hybridized carbons (Fsp3) is 0.211. The molecule has 0 spiro atoms. The molecule has 2 amide bonds. The summed E-state index contributed by atoms with van der Waals surface area (Å²) in [6.45, 7) is 0.826. The standard InChI is InChI=1S/C19H17F3N2O4/c1-2-15(25)11-3-5-12(6-4-11)28-10-17(27)23-9-16(26)24-14-8-7-13(20)18(21)19(14)22/h3-8H,2,9-10H2,1H3,(H,23,27)(H,24,26). The van der Waals surface area contributed by atoms with Crippen LogP contribution in [0.4, 0.5) is 18.9 Å². The number of halogens is 3. The molecule has 2 aromatic carbocycles. The SMILES string of the molecule is CCC(=O)c1ccc(OCC(=O)NCC(=O)Nc2ccc(F)c(F)c2F)cc1. The molecule has 0 heterocycles. The number of anilines is 1. The minimum Gasteiger partial charge on any atom is -0.484 e. The zero-order valence-corrected chi connectivity index (χ0v) is 14.9. The second kappa shape index (κ2) is 9.54. The van der Waals surface area contributed by atoms with Crippen molar-refractivity contribution in [1.29, 1.82) is 0 Å². The second-order valence-electron chi connectivity index (χ2n) is 5.64. The molecule has 0 saturated heterocycles. The molecular weight excluding hydrogens is 377 g/mol. The predicted octanol–water partition coefficient (Wildman–Crippen LogP) is 2.83. The van der Waals surface area contributed by atoms with Gasteiger partial charge in [-0.3, -0.25) is 14.4 Å². The van der Waals surface area contributed by atoms with Crippen LogP contribution in [0, 0.1) is 17.5 Å². The van der Waals surface area contributed by atoms with Gasteiger partial charge in [0.05, 0.1) is 12.2 Å². The second-order valence-corrected chi connectivity index (χ2v) is 5.64. The van der Waals surface area contributed by atoms with Crippen LogP contribution in [0.25, 0.3) is 0 Å². The van der Waals surface area contributed by atoms with Gasteiger partial charge in [-0.2, -0.15) is 0 Å². The largest absolute Gasteiger partial charge is 0.484 e. The van der Waals surface area contributed by atoms with E-state index in [0.717, 1.165) is 6.07 Å². The summed E-state index contributed by atoms with van der Waals surface area (Å²) in [4.78, 5) is 34.9. The van der Waals surface area contributed by atoms with Gasteiger partial charge < -0.3 is 15.4 Å². The Kier molecular flexibility index (Phi) is 7.14. The summed E-state index contributed by atoms with van der Waals surface area (Å²) < 4.78 is 44.6. The van der Waals surface area contributed by atoms with Crippen LogP contribution < -0.4 is 15.4 Å². The summed E-state index contributed by atoms with van der Waals surface area (Å²) in [5.41, 5.74) is -0.0171. The molecule has 2 rings (SSSR count). The molecule has 0 fully saturated rings. The molecule has 0 saturated carbocycles. The monoisotopic (exact) mass is 394 g/mol. The average molecular weight is 394 g/mol. The minimum absolute atomic E-state index is 0.0206. The number of amides is 2. The van der Waals surface area contributed by atoms with Crippen molar-refractivity contribution in [2.75, 3.05) is 18.5 Å². The molecule has 0 aromatic heterocycles. The lowest BCUT2D eigenvalue weighted by Gasteiger charge is -2.09. The highest BCUT2D eigenvalue weighted by Crippen LogP contribution is 2.19. The Labute approximate surface area is 158 Å². The van der Waals surface area contributed by atoms with E-state index in [4.69, 9.17) is 4.74 Å². The molecule has 0 aliphatic heterocycles. The first-order valence-electron chi connectivity index (χ1n) is 8.28. The van der Waals surface area contributed by atoms with E-state index in [-0.39, 0.29) is 5.78 Å². The minimum atomic E-state index is -1.71. The Morgan fingerprint density at radius 3 is 2.25 bits per heavy atom. The summed E-state index contributed by atoms with van der Waals surface area (Å²) in [5, 5.41) is 4.26. The van der Waals surface area contributed by atoms with E-state index in [0.29, 0.717) is 23.8 Å². The number of ketones is 1. The first-order valence-corrected chi connectivity index (χ1v) is 8.28. The number of carbonyl (C=O) groups excluding carboxylic acids is 3. The third-order valence-corrected chi connectivity index (χ3v) is 3.62. The molecule has 0 radical (unpaired) electrons. The molecule has 9 heteroatoms. The van der Waals surface area contributed by atoms with Crippen molar-refractivity contribution < 1.29 is 32.3 Å². The molecule has 0 aliphatic rings. The Hall–Kier alpha value is -3.36. The van der Waals surface area contributed by atoms with Gasteiger partial charge in [-0.1, -0.05) is 6.92 Å². The lowest BCUT2D eigenvalue weighted by atomic mass is 10.1. The van der Waals surface area contributed by atoms with Crippen molar-refractivity contribution in [3.63, 3.8) is 0 Å². The topological polar surface area (TPSA) is 84.5 Å². The lowest BCUT2D eigenvalue weighted by Crippen LogP contribution is -2.36. The molecule has 6 nitrogen and oxygen atoms in total. The number of rotatable bonds is 8. The number of nitrogens with one attached hydrogen (secondary N) is 2. The van der Waals surface area contributed by atoms with Crippen LogP contribution in [0.1, 0.15) is 23.7 Å². The number of hydrogen-bond donors (Lipinski definition) is 2. The Morgan fingerprint density at radius 1 is 0.929 bits per heavy atom. The van der Waals surface area contributed by atoms with E-state index < -0.39 is 48.1 Å². The highest BCUT2D eigenvalue weighted by atomic mass is 19.2. The third kappa shape index (κ3) is 5.57. The van der Waals surface area contributed by atoms with E-state index in [2.05, 4.69) is 5.32 Å². The lowest BCUT2D eigenvalue weighted by molar-refractivity contribution is -0.125. The number of Topliss-reactive ketones (excluding diaryl/α,β-unsaturated/α-hetero) is 1. The first-order chi connectivity index (χ1) is 13.3. The zero-order valence-electron chi connectivity index (χ0n) is 14.9. The molecule has 2 aromatic rings. The van der Waals surface area contributed by atoms with Gasteiger partial charge in [-0.25, -0.2) is 13.2 Å². The van der Waals surface area contributed by atoms with Crippen molar-refractivity contribution in [1.82, 2.24) is 5.32 Å². The van der Waals surface area contributed by atoms with Gasteiger partial charge in [0.2, 0.25) is 5.91 Å². The van der Waals surface area contributed by atoms with E-state index in [1.807, 2.05) is 5.32 Å². The van der Waals surface area contributed by atoms with E-state index >= 15 is 0 Å². The fourth-order valence-corrected chi connectivity index (χ4v) is 2.14. The summed E-state index contributed by atoms with van der Waals surface area (Å²) in [5.74, 6) is -5.75. The molecule has 0 bridgehead atoms. The van der Waals surface area contributed by atoms with Crippen LogP contribution in [0.2, 0.25) is 0 Å². The highest BCUT2D eigenvalue weighted by molar-refractivity contribution is 5.96. The zero-order chi connectivity index (χ0) is 20.7. The average Bonchev–Trinajstić information content (AvgIpc) is 2.71. The van der Waals surface area contributed by atoms with Gasteiger partial charge in [0.1, 0.15) is 5.75 Å². The van der Waals surface area contributed by atoms with Gasteiger partial charge in [-0.05, 0) is 36.4 Å². The maximum atomic E-state index is 13.5. The normalized spacial score (nSPS) is 10.3. The molecular formula is C19H17F3N2O4. The summed E-state index contributed by atoms with van der Waals surface area (Å²) in [6.07, 6.45) is 0.374. The van der Waals surface area contributed by atoms with Crippen LogP contribution in [-0.2, 0) is 9.59 Å². The number of hydrogen-bond acceptors (Lipinski definition) is 4. The van der Waals surface area contributed by atoms with Crippen LogP contribution in [0.5, 0.6) is 5.75 Å².